The largest absolute Gasteiger partial charge is 0.490 e. The normalized spacial score (nSPS) is 10.2. The van der Waals surface area contributed by atoms with E-state index in [1.165, 1.54) is 16.7 Å². The van der Waals surface area contributed by atoms with Gasteiger partial charge < -0.3 is 14.0 Å². The molecular formula is C16H15ClN2O4S. The SMILES string of the molecule is CCOc1cc(C#N)cc(Cl)c1OC(=O)CCn1c(C)csc1=O. The van der Waals surface area contributed by atoms with E-state index in [2.05, 4.69) is 0 Å². The lowest BCUT2D eigenvalue weighted by atomic mass is 10.2. The lowest BCUT2D eigenvalue weighted by Crippen LogP contribution is -2.19. The third-order valence-electron chi connectivity index (χ3n) is 3.17. The number of nitriles is 1. The Morgan fingerprint density at radius 3 is 2.79 bits per heavy atom. The number of esters is 1. The molecule has 1 aromatic carbocycles. The molecule has 0 aliphatic carbocycles. The fourth-order valence-electron chi connectivity index (χ4n) is 2.04. The van der Waals surface area contributed by atoms with Crippen molar-refractivity contribution < 1.29 is 14.3 Å². The van der Waals surface area contributed by atoms with Gasteiger partial charge in [-0.3, -0.25) is 9.59 Å². The van der Waals surface area contributed by atoms with Crippen LogP contribution in [0.25, 0.3) is 0 Å². The van der Waals surface area contributed by atoms with Crippen molar-refractivity contribution in [3.8, 4) is 17.6 Å². The molecule has 2 rings (SSSR count). The molecule has 0 saturated carbocycles. The van der Waals surface area contributed by atoms with Crippen molar-refractivity contribution in [1.82, 2.24) is 4.57 Å². The van der Waals surface area contributed by atoms with E-state index >= 15 is 0 Å². The molecule has 1 heterocycles. The number of halogens is 1. The predicted octanol–water partition coefficient (Wildman–Crippen LogP) is 3.14. The molecule has 1 aromatic heterocycles. The molecule has 6 nitrogen and oxygen atoms in total. The fourth-order valence-corrected chi connectivity index (χ4v) is 3.05. The topological polar surface area (TPSA) is 81.3 Å². The monoisotopic (exact) mass is 366 g/mol. The molecular weight excluding hydrogens is 352 g/mol. The molecule has 0 fully saturated rings. The molecule has 24 heavy (non-hydrogen) atoms. The fraction of sp³-hybridized carbons (Fsp3) is 0.312. The third kappa shape index (κ3) is 4.16. The van der Waals surface area contributed by atoms with Crippen molar-refractivity contribution in [2.75, 3.05) is 6.61 Å². The summed E-state index contributed by atoms with van der Waals surface area (Å²) in [7, 11) is 0. The average Bonchev–Trinajstić information content (AvgIpc) is 2.87. The summed E-state index contributed by atoms with van der Waals surface area (Å²) in [6.07, 6.45) is 0.0133. The van der Waals surface area contributed by atoms with E-state index in [9.17, 15) is 9.59 Å². The molecule has 0 N–H and O–H groups in total. The summed E-state index contributed by atoms with van der Waals surface area (Å²) in [5.41, 5.74) is 1.10. The maximum absolute atomic E-state index is 12.1. The van der Waals surface area contributed by atoms with Gasteiger partial charge in [-0.1, -0.05) is 22.9 Å². The minimum atomic E-state index is -0.542. The van der Waals surface area contributed by atoms with Gasteiger partial charge in [0.25, 0.3) is 0 Å². The van der Waals surface area contributed by atoms with E-state index < -0.39 is 5.97 Å². The maximum atomic E-state index is 12.1. The quantitative estimate of drug-likeness (QED) is 0.579. The number of hydrogen-bond donors (Lipinski definition) is 0. The highest BCUT2D eigenvalue weighted by molar-refractivity contribution is 7.07. The Morgan fingerprint density at radius 1 is 1.46 bits per heavy atom. The summed E-state index contributed by atoms with van der Waals surface area (Å²) in [5.74, 6) is -0.226. The highest BCUT2D eigenvalue weighted by Crippen LogP contribution is 2.36. The molecule has 0 aliphatic rings. The van der Waals surface area contributed by atoms with Gasteiger partial charge in [0.05, 0.1) is 29.7 Å². The van der Waals surface area contributed by atoms with E-state index in [0.29, 0.717) is 12.2 Å². The predicted molar refractivity (Wildman–Crippen MR) is 90.9 cm³/mol. The second kappa shape index (κ2) is 7.99. The number of ether oxygens (including phenoxy) is 2. The summed E-state index contributed by atoms with van der Waals surface area (Å²) in [6.45, 7) is 4.13. The van der Waals surface area contributed by atoms with Crippen LogP contribution in [0, 0.1) is 18.3 Å². The Kier molecular flexibility index (Phi) is 6.01. The number of rotatable bonds is 6. The van der Waals surface area contributed by atoms with Crippen LogP contribution in [0.5, 0.6) is 11.5 Å². The van der Waals surface area contributed by atoms with E-state index in [1.54, 1.807) is 19.2 Å². The average molecular weight is 367 g/mol. The minimum Gasteiger partial charge on any atom is -0.490 e. The highest BCUT2D eigenvalue weighted by Gasteiger charge is 2.17. The molecule has 126 valence electrons. The van der Waals surface area contributed by atoms with E-state index in [-0.39, 0.29) is 34.4 Å². The molecule has 0 radical (unpaired) electrons. The zero-order chi connectivity index (χ0) is 17.7. The van der Waals surface area contributed by atoms with Crippen molar-refractivity contribution in [3.05, 3.63) is 43.5 Å². The molecule has 2 aromatic rings. The van der Waals surface area contributed by atoms with Gasteiger partial charge in [-0.25, -0.2) is 0 Å². The van der Waals surface area contributed by atoms with Gasteiger partial charge in [0.15, 0.2) is 11.5 Å². The standard InChI is InChI=1S/C16H15ClN2O4S/c1-3-22-13-7-11(8-18)6-12(17)15(13)23-14(20)4-5-19-10(2)9-24-16(19)21/h6-7,9H,3-5H2,1-2H3. The molecule has 0 spiro atoms. The van der Waals surface area contributed by atoms with Gasteiger partial charge in [0.2, 0.25) is 0 Å². The van der Waals surface area contributed by atoms with Crippen molar-refractivity contribution in [3.63, 3.8) is 0 Å². The molecule has 0 saturated heterocycles. The van der Waals surface area contributed by atoms with Crippen LogP contribution in [-0.4, -0.2) is 17.1 Å². The summed E-state index contributed by atoms with van der Waals surface area (Å²) in [5, 5.41) is 10.8. The maximum Gasteiger partial charge on any atom is 0.313 e. The van der Waals surface area contributed by atoms with Crippen LogP contribution < -0.4 is 14.3 Å². The van der Waals surface area contributed by atoms with E-state index in [4.69, 9.17) is 26.3 Å². The number of carbonyl (C=O) groups is 1. The Labute approximate surface area is 147 Å². The number of nitrogens with zero attached hydrogens (tertiary/aromatic N) is 2. The van der Waals surface area contributed by atoms with Crippen molar-refractivity contribution in [1.29, 1.82) is 5.26 Å². The Balaban J connectivity index is 2.14. The first-order valence-corrected chi connectivity index (χ1v) is 8.44. The Bertz CT molecular complexity index is 851. The zero-order valence-electron chi connectivity index (χ0n) is 13.2. The van der Waals surface area contributed by atoms with Crippen LogP contribution in [-0.2, 0) is 11.3 Å². The van der Waals surface area contributed by atoms with E-state index in [1.807, 2.05) is 6.07 Å². The van der Waals surface area contributed by atoms with Gasteiger partial charge in [0.1, 0.15) is 0 Å². The lowest BCUT2D eigenvalue weighted by molar-refractivity contribution is -0.134. The van der Waals surface area contributed by atoms with Gasteiger partial charge in [-0.15, -0.1) is 0 Å². The Morgan fingerprint density at radius 2 is 2.21 bits per heavy atom. The zero-order valence-corrected chi connectivity index (χ0v) is 14.7. The van der Waals surface area contributed by atoms with Crippen LogP contribution in [0.15, 0.2) is 22.3 Å². The second-order valence-corrected chi connectivity index (χ2v) is 6.08. The summed E-state index contributed by atoms with van der Waals surface area (Å²) in [4.78, 5) is 23.6. The van der Waals surface area contributed by atoms with E-state index in [0.717, 1.165) is 17.0 Å². The molecule has 0 atom stereocenters. The number of thiazole rings is 1. The van der Waals surface area contributed by atoms with Crippen molar-refractivity contribution in [2.24, 2.45) is 0 Å². The van der Waals surface area contributed by atoms with Gasteiger partial charge in [-0.05, 0) is 19.9 Å². The number of aryl methyl sites for hydroxylation is 1. The van der Waals surface area contributed by atoms with Gasteiger partial charge >= 0.3 is 10.8 Å². The minimum absolute atomic E-state index is 0.0133. The lowest BCUT2D eigenvalue weighted by Gasteiger charge is -2.13. The number of aromatic nitrogens is 1. The number of benzene rings is 1. The van der Waals surface area contributed by atoms with Crippen LogP contribution in [0.3, 0.4) is 0 Å². The first-order chi connectivity index (χ1) is 11.5. The highest BCUT2D eigenvalue weighted by atomic mass is 35.5. The number of hydrogen-bond acceptors (Lipinski definition) is 6. The third-order valence-corrected chi connectivity index (χ3v) is 4.33. The van der Waals surface area contributed by atoms with Crippen LogP contribution >= 0.6 is 22.9 Å². The van der Waals surface area contributed by atoms with Gasteiger partial charge in [0, 0.05) is 23.7 Å². The van der Waals surface area contributed by atoms with Crippen molar-refractivity contribution >= 4 is 28.9 Å². The molecule has 0 bridgehead atoms. The molecule has 8 heteroatoms. The smallest absolute Gasteiger partial charge is 0.313 e. The Hall–Kier alpha value is -2.30. The van der Waals surface area contributed by atoms with Crippen LogP contribution in [0.4, 0.5) is 0 Å². The first-order valence-electron chi connectivity index (χ1n) is 7.18. The van der Waals surface area contributed by atoms with Crippen LogP contribution in [0.1, 0.15) is 24.6 Å². The molecule has 0 aliphatic heterocycles. The number of carbonyl (C=O) groups excluding carboxylic acids is 1. The summed E-state index contributed by atoms with van der Waals surface area (Å²) < 4.78 is 12.2. The second-order valence-electron chi connectivity index (χ2n) is 4.85. The summed E-state index contributed by atoms with van der Waals surface area (Å²) >= 11 is 7.17. The molecule has 0 unspecified atom stereocenters. The van der Waals surface area contributed by atoms with Crippen LogP contribution in [0.2, 0.25) is 5.02 Å². The van der Waals surface area contributed by atoms with Crippen molar-refractivity contribution in [2.45, 2.75) is 26.8 Å². The first kappa shape index (κ1) is 18.0. The summed E-state index contributed by atoms with van der Waals surface area (Å²) in [6, 6.07) is 4.83. The molecule has 0 amide bonds. The van der Waals surface area contributed by atoms with Gasteiger partial charge in [-0.2, -0.15) is 5.26 Å².